The van der Waals surface area contributed by atoms with Crippen molar-refractivity contribution in [2.75, 3.05) is 11.9 Å². The van der Waals surface area contributed by atoms with Crippen molar-refractivity contribution in [1.29, 1.82) is 15.8 Å². The maximum Gasteiger partial charge on any atom is 0.338 e. The monoisotopic (exact) mass is 375 g/mol. The summed E-state index contributed by atoms with van der Waals surface area (Å²) < 4.78 is 4.98. The highest BCUT2D eigenvalue weighted by molar-refractivity contribution is 7.99. The van der Waals surface area contributed by atoms with Crippen LogP contribution in [-0.2, 0) is 4.74 Å². The summed E-state index contributed by atoms with van der Waals surface area (Å²) >= 11 is 1.32. The molecule has 0 aliphatic heterocycles. The van der Waals surface area contributed by atoms with Crippen molar-refractivity contribution < 1.29 is 9.53 Å². The second kappa shape index (κ2) is 9.62. The molecule has 1 N–H and O–H groups in total. The van der Waals surface area contributed by atoms with Gasteiger partial charge in [-0.15, -0.1) is 0 Å². The highest BCUT2D eigenvalue weighted by Gasteiger charge is 2.10. The minimum Gasteiger partial charge on any atom is -0.462 e. The van der Waals surface area contributed by atoms with Gasteiger partial charge in [0.1, 0.15) is 28.9 Å². The molecule has 7 nitrogen and oxygen atoms in total. The molecule has 0 fully saturated rings. The smallest absolute Gasteiger partial charge is 0.338 e. The van der Waals surface area contributed by atoms with Crippen molar-refractivity contribution in [1.82, 2.24) is 4.98 Å². The maximum absolute atomic E-state index is 11.8. The molecule has 0 aliphatic rings. The van der Waals surface area contributed by atoms with E-state index in [1.807, 2.05) is 6.07 Å². The van der Waals surface area contributed by atoms with Gasteiger partial charge in [0, 0.05) is 16.8 Å². The third-order valence-corrected chi connectivity index (χ3v) is 4.08. The zero-order chi connectivity index (χ0) is 19.6. The molecule has 0 unspecified atom stereocenters. The fraction of sp³-hybridized carbons (Fsp3) is 0.105. The van der Waals surface area contributed by atoms with Crippen LogP contribution >= 0.6 is 11.8 Å². The number of nitrogens with one attached hydrogen (secondary N) is 1. The van der Waals surface area contributed by atoms with Crippen LogP contribution in [0.15, 0.2) is 63.8 Å². The molecule has 0 saturated carbocycles. The van der Waals surface area contributed by atoms with E-state index in [0.717, 1.165) is 4.90 Å². The topological polar surface area (TPSA) is 123 Å². The van der Waals surface area contributed by atoms with Crippen molar-refractivity contribution >= 4 is 23.4 Å². The van der Waals surface area contributed by atoms with Crippen LogP contribution in [0.4, 0.5) is 5.69 Å². The maximum atomic E-state index is 11.8. The number of carbonyl (C=O) groups is 1. The van der Waals surface area contributed by atoms with Crippen molar-refractivity contribution in [2.45, 2.75) is 16.8 Å². The van der Waals surface area contributed by atoms with Crippen LogP contribution in [0.5, 0.6) is 0 Å². The Hall–Kier alpha value is -3.80. The Morgan fingerprint density at radius 3 is 2.63 bits per heavy atom. The number of nitriles is 3. The van der Waals surface area contributed by atoms with Crippen LogP contribution in [0.2, 0.25) is 0 Å². The van der Waals surface area contributed by atoms with Crippen LogP contribution in [0.1, 0.15) is 17.3 Å². The van der Waals surface area contributed by atoms with Crippen molar-refractivity contribution in [3.63, 3.8) is 0 Å². The molecule has 1 aromatic carbocycles. The van der Waals surface area contributed by atoms with Gasteiger partial charge < -0.3 is 10.1 Å². The van der Waals surface area contributed by atoms with E-state index in [1.54, 1.807) is 55.5 Å². The summed E-state index contributed by atoms with van der Waals surface area (Å²) in [6.07, 6.45) is 1.53. The summed E-state index contributed by atoms with van der Waals surface area (Å²) in [5.41, 5.74) is 0.538. The molecule has 2 aromatic rings. The summed E-state index contributed by atoms with van der Waals surface area (Å²) in [5.74, 6) is -0.415. The number of benzene rings is 1. The fourth-order valence-electron chi connectivity index (χ4n) is 1.99. The molecule has 0 atom stereocenters. The molecule has 0 bridgehead atoms. The summed E-state index contributed by atoms with van der Waals surface area (Å²) in [4.78, 5) is 16.8. The number of anilines is 1. The SMILES string of the molecule is CCOC(=O)c1ccnc(Sc2cccc(NC(C#N)=C(C#N)C#N)c2)c1. The number of pyridine rings is 1. The quantitative estimate of drug-likeness (QED) is 0.599. The van der Waals surface area contributed by atoms with E-state index in [-0.39, 0.29) is 11.3 Å². The molecule has 132 valence electrons. The van der Waals surface area contributed by atoms with E-state index in [1.165, 1.54) is 18.0 Å². The Bertz CT molecular complexity index is 996. The first-order chi connectivity index (χ1) is 13.1. The van der Waals surface area contributed by atoms with Crippen LogP contribution in [0, 0.1) is 34.0 Å². The predicted octanol–water partition coefficient (Wildman–Crippen LogP) is 3.65. The van der Waals surface area contributed by atoms with Crippen LogP contribution < -0.4 is 5.32 Å². The molecule has 0 saturated heterocycles. The zero-order valence-electron chi connectivity index (χ0n) is 14.3. The molecular formula is C19H13N5O2S. The lowest BCUT2D eigenvalue weighted by Gasteiger charge is -2.08. The lowest BCUT2D eigenvalue weighted by atomic mass is 10.2. The van der Waals surface area contributed by atoms with E-state index >= 15 is 0 Å². The van der Waals surface area contributed by atoms with Crippen LogP contribution in [0.25, 0.3) is 0 Å². The molecule has 1 aromatic heterocycles. The molecule has 8 heteroatoms. The largest absolute Gasteiger partial charge is 0.462 e. The van der Waals surface area contributed by atoms with Gasteiger partial charge in [0.05, 0.1) is 12.2 Å². The molecular weight excluding hydrogens is 362 g/mol. The van der Waals surface area contributed by atoms with Gasteiger partial charge in [0.25, 0.3) is 0 Å². The van der Waals surface area contributed by atoms with Crippen molar-refractivity contribution in [2.24, 2.45) is 0 Å². The molecule has 0 radical (unpaired) electrons. The van der Waals surface area contributed by atoms with Gasteiger partial charge in [-0.3, -0.25) is 0 Å². The van der Waals surface area contributed by atoms with E-state index in [2.05, 4.69) is 10.3 Å². The van der Waals surface area contributed by atoms with E-state index in [4.69, 9.17) is 20.5 Å². The second-order valence-electron chi connectivity index (χ2n) is 4.94. The average molecular weight is 375 g/mol. The number of aromatic nitrogens is 1. The third-order valence-electron chi connectivity index (χ3n) is 3.16. The van der Waals surface area contributed by atoms with Crippen molar-refractivity contribution in [3.8, 4) is 18.2 Å². The minimum absolute atomic E-state index is 0.121. The second-order valence-corrected chi connectivity index (χ2v) is 6.04. The number of carbonyl (C=O) groups excluding carboxylic acids is 1. The van der Waals surface area contributed by atoms with Gasteiger partial charge in [-0.05, 0) is 37.3 Å². The summed E-state index contributed by atoms with van der Waals surface area (Å²) in [5, 5.41) is 30.3. The van der Waals surface area contributed by atoms with Crippen molar-refractivity contribution in [3.05, 3.63) is 59.4 Å². The number of nitrogens with zero attached hydrogens (tertiary/aromatic N) is 4. The number of hydrogen-bond donors (Lipinski definition) is 1. The molecule has 0 spiro atoms. The third kappa shape index (κ3) is 5.34. The highest BCUT2D eigenvalue weighted by Crippen LogP contribution is 2.29. The Labute approximate surface area is 160 Å². The fourth-order valence-corrected chi connectivity index (χ4v) is 2.87. The highest BCUT2D eigenvalue weighted by atomic mass is 32.2. The van der Waals surface area contributed by atoms with Gasteiger partial charge in [-0.25, -0.2) is 9.78 Å². The number of esters is 1. The summed E-state index contributed by atoms with van der Waals surface area (Å²) in [6, 6.07) is 15.4. The molecule has 2 rings (SSSR count). The minimum atomic E-state index is -0.415. The summed E-state index contributed by atoms with van der Waals surface area (Å²) in [7, 11) is 0. The Morgan fingerprint density at radius 2 is 1.96 bits per heavy atom. The molecule has 0 aliphatic carbocycles. The van der Waals surface area contributed by atoms with E-state index in [0.29, 0.717) is 22.9 Å². The number of ether oxygens (including phenoxy) is 1. The Morgan fingerprint density at radius 1 is 1.19 bits per heavy atom. The van der Waals surface area contributed by atoms with Gasteiger partial charge in [0.15, 0.2) is 5.57 Å². The molecule has 0 amide bonds. The lowest BCUT2D eigenvalue weighted by Crippen LogP contribution is -2.04. The normalized spacial score (nSPS) is 9.26. The first-order valence-corrected chi connectivity index (χ1v) is 8.55. The van der Waals surface area contributed by atoms with E-state index in [9.17, 15) is 4.79 Å². The average Bonchev–Trinajstić information content (AvgIpc) is 2.68. The Kier molecular flexibility index (Phi) is 6.96. The number of rotatable bonds is 6. The zero-order valence-corrected chi connectivity index (χ0v) is 15.1. The van der Waals surface area contributed by atoms with Crippen LogP contribution in [-0.4, -0.2) is 17.6 Å². The summed E-state index contributed by atoms with van der Waals surface area (Å²) in [6.45, 7) is 2.03. The molecule has 1 heterocycles. The predicted molar refractivity (Wildman–Crippen MR) is 98.2 cm³/mol. The number of allylic oxidation sites excluding steroid dienone is 2. The van der Waals surface area contributed by atoms with Crippen LogP contribution in [0.3, 0.4) is 0 Å². The Balaban J connectivity index is 2.22. The first-order valence-electron chi connectivity index (χ1n) is 7.74. The van der Waals surface area contributed by atoms with Gasteiger partial charge in [-0.1, -0.05) is 17.8 Å². The molecule has 27 heavy (non-hydrogen) atoms. The number of hydrogen-bond acceptors (Lipinski definition) is 8. The van der Waals surface area contributed by atoms with Gasteiger partial charge in [0.2, 0.25) is 0 Å². The first kappa shape index (κ1) is 19.5. The lowest BCUT2D eigenvalue weighted by molar-refractivity contribution is 0.0526. The van der Waals surface area contributed by atoms with Gasteiger partial charge in [-0.2, -0.15) is 15.8 Å². The van der Waals surface area contributed by atoms with E-state index < -0.39 is 5.97 Å². The van der Waals surface area contributed by atoms with Gasteiger partial charge >= 0.3 is 5.97 Å². The standard InChI is InChI=1S/C19H13N5O2S/c1-2-26-19(25)13-6-7-23-18(8-13)27-16-5-3-4-15(9-16)24-17(12-22)14(10-20)11-21/h3-9,24H,2H2,1H3.